The normalized spacial score (nSPS) is 14.4. The van der Waals surface area contributed by atoms with E-state index in [0.717, 1.165) is 24.9 Å². The Morgan fingerprint density at radius 3 is 2.93 bits per heavy atom. The van der Waals surface area contributed by atoms with Gasteiger partial charge >= 0.3 is 0 Å². The van der Waals surface area contributed by atoms with Gasteiger partial charge in [0.05, 0.1) is 0 Å². The van der Waals surface area contributed by atoms with Crippen LogP contribution in [-0.4, -0.2) is 4.57 Å². The summed E-state index contributed by atoms with van der Waals surface area (Å²) in [5, 5.41) is 0.666. The fourth-order valence-corrected chi connectivity index (χ4v) is 2.61. The fraction of sp³-hybridized carbons (Fsp3) is 0.545. The predicted molar refractivity (Wildman–Crippen MR) is 61.0 cm³/mol. The van der Waals surface area contributed by atoms with Gasteiger partial charge in [0.1, 0.15) is 0 Å². The van der Waals surface area contributed by atoms with Gasteiger partial charge < -0.3 is 4.57 Å². The Morgan fingerprint density at radius 1 is 1.50 bits per heavy atom. The quantitative estimate of drug-likeness (QED) is 0.744. The van der Waals surface area contributed by atoms with Crippen LogP contribution in [0.5, 0.6) is 0 Å². The van der Waals surface area contributed by atoms with Crippen LogP contribution in [0.2, 0.25) is 0 Å². The smallest absolute Gasteiger partial charge is 0.254 e. The number of nitrogens with zero attached hydrogens (tertiary/aromatic N) is 1. The Bertz CT molecular complexity index is 408. The molecule has 76 valence electrons. The van der Waals surface area contributed by atoms with Crippen molar-refractivity contribution in [1.29, 1.82) is 0 Å². The summed E-state index contributed by atoms with van der Waals surface area (Å²) in [5.41, 5.74) is 3.72. The monoisotopic (exact) mass is 255 g/mol. The van der Waals surface area contributed by atoms with Crippen molar-refractivity contribution in [3.63, 3.8) is 0 Å². The zero-order valence-corrected chi connectivity index (χ0v) is 9.93. The molecular weight excluding hydrogens is 242 g/mol. The van der Waals surface area contributed by atoms with E-state index in [1.165, 1.54) is 17.7 Å². The molecule has 2 rings (SSSR count). The lowest BCUT2D eigenvalue weighted by atomic mass is 10.1. The summed E-state index contributed by atoms with van der Waals surface area (Å²) in [5.74, 6) is 0. The van der Waals surface area contributed by atoms with Gasteiger partial charge in [0, 0.05) is 23.1 Å². The van der Waals surface area contributed by atoms with Crippen molar-refractivity contribution in [3.05, 3.63) is 33.2 Å². The van der Waals surface area contributed by atoms with Crippen LogP contribution in [0.4, 0.5) is 0 Å². The molecule has 0 amide bonds. The SMILES string of the molecule is CCn1c2c(cc(CBr)c1=O)CCC2. The minimum absolute atomic E-state index is 0.185. The number of halogens is 1. The predicted octanol–water partition coefficient (Wildman–Crippen LogP) is 2.25. The first-order valence-electron chi connectivity index (χ1n) is 5.08. The highest BCUT2D eigenvalue weighted by Crippen LogP contribution is 2.21. The van der Waals surface area contributed by atoms with E-state index in [1.54, 1.807) is 0 Å². The summed E-state index contributed by atoms with van der Waals surface area (Å²) >= 11 is 3.37. The number of hydrogen-bond acceptors (Lipinski definition) is 1. The Morgan fingerprint density at radius 2 is 2.29 bits per heavy atom. The molecule has 0 saturated carbocycles. The fourth-order valence-electron chi connectivity index (χ4n) is 2.21. The Labute approximate surface area is 92.1 Å². The van der Waals surface area contributed by atoms with Crippen molar-refractivity contribution in [1.82, 2.24) is 4.57 Å². The van der Waals surface area contributed by atoms with Gasteiger partial charge in [0.25, 0.3) is 5.56 Å². The molecule has 0 N–H and O–H groups in total. The lowest BCUT2D eigenvalue weighted by molar-refractivity contribution is 0.676. The van der Waals surface area contributed by atoms with Gasteiger partial charge in [-0.3, -0.25) is 4.79 Å². The summed E-state index contributed by atoms with van der Waals surface area (Å²) in [6.07, 6.45) is 3.40. The molecule has 1 aromatic heterocycles. The van der Waals surface area contributed by atoms with Crippen molar-refractivity contribution in [2.45, 2.75) is 38.1 Å². The molecular formula is C11H14BrNO. The molecule has 0 aromatic carbocycles. The number of aryl methyl sites for hydroxylation is 1. The van der Waals surface area contributed by atoms with Crippen molar-refractivity contribution in [2.24, 2.45) is 0 Å². The van der Waals surface area contributed by atoms with E-state index in [1.807, 2.05) is 11.5 Å². The molecule has 1 aliphatic carbocycles. The lowest BCUT2D eigenvalue weighted by Gasteiger charge is -2.11. The van der Waals surface area contributed by atoms with Crippen LogP contribution >= 0.6 is 15.9 Å². The maximum atomic E-state index is 11.9. The number of aromatic nitrogens is 1. The second kappa shape index (κ2) is 3.89. The van der Waals surface area contributed by atoms with Crippen molar-refractivity contribution in [2.75, 3.05) is 0 Å². The largest absolute Gasteiger partial charge is 0.312 e. The van der Waals surface area contributed by atoms with Crippen LogP contribution < -0.4 is 5.56 Å². The summed E-state index contributed by atoms with van der Waals surface area (Å²) in [4.78, 5) is 11.9. The molecule has 1 aromatic rings. The minimum atomic E-state index is 0.185. The Hall–Kier alpha value is -0.570. The van der Waals surface area contributed by atoms with E-state index < -0.39 is 0 Å². The second-order valence-corrected chi connectivity index (χ2v) is 4.24. The highest BCUT2D eigenvalue weighted by atomic mass is 79.9. The molecule has 14 heavy (non-hydrogen) atoms. The maximum absolute atomic E-state index is 11.9. The van der Waals surface area contributed by atoms with Crippen molar-refractivity contribution >= 4 is 15.9 Å². The summed E-state index contributed by atoms with van der Waals surface area (Å²) in [7, 11) is 0. The first-order valence-corrected chi connectivity index (χ1v) is 6.20. The minimum Gasteiger partial charge on any atom is -0.312 e. The first kappa shape index (κ1) is 9.97. The molecule has 1 heterocycles. The molecule has 0 atom stereocenters. The second-order valence-electron chi connectivity index (χ2n) is 3.68. The summed E-state index contributed by atoms with van der Waals surface area (Å²) in [6, 6.07) is 2.07. The van der Waals surface area contributed by atoms with Crippen LogP contribution in [0.25, 0.3) is 0 Å². The van der Waals surface area contributed by atoms with Crippen molar-refractivity contribution in [3.8, 4) is 0 Å². The van der Waals surface area contributed by atoms with Crippen LogP contribution in [-0.2, 0) is 24.7 Å². The number of pyridine rings is 1. The van der Waals surface area contributed by atoms with E-state index >= 15 is 0 Å². The molecule has 3 heteroatoms. The third-order valence-corrected chi connectivity index (χ3v) is 3.49. The van der Waals surface area contributed by atoms with Crippen LogP contribution in [0.3, 0.4) is 0 Å². The van der Waals surface area contributed by atoms with Gasteiger partial charge in [0.2, 0.25) is 0 Å². The molecule has 0 spiro atoms. The highest BCUT2D eigenvalue weighted by Gasteiger charge is 2.17. The average Bonchev–Trinajstić information content (AvgIpc) is 2.64. The molecule has 0 unspecified atom stereocenters. The average molecular weight is 256 g/mol. The number of hydrogen-bond donors (Lipinski definition) is 0. The third kappa shape index (κ3) is 1.44. The zero-order chi connectivity index (χ0) is 10.1. The Kier molecular flexibility index (Phi) is 2.77. The molecule has 1 aliphatic rings. The maximum Gasteiger partial charge on any atom is 0.254 e. The molecule has 0 bridgehead atoms. The number of alkyl halides is 1. The van der Waals surface area contributed by atoms with Gasteiger partial charge in [-0.2, -0.15) is 0 Å². The van der Waals surface area contributed by atoms with E-state index in [-0.39, 0.29) is 5.56 Å². The van der Waals surface area contributed by atoms with Gasteiger partial charge in [-0.25, -0.2) is 0 Å². The summed E-state index contributed by atoms with van der Waals surface area (Å²) < 4.78 is 1.93. The zero-order valence-electron chi connectivity index (χ0n) is 8.35. The lowest BCUT2D eigenvalue weighted by Crippen LogP contribution is -2.25. The van der Waals surface area contributed by atoms with E-state index in [0.29, 0.717) is 5.33 Å². The molecule has 0 aliphatic heterocycles. The molecule has 0 radical (unpaired) electrons. The van der Waals surface area contributed by atoms with Gasteiger partial charge in [-0.1, -0.05) is 15.9 Å². The van der Waals surface area contributed by atoms with Gasteiger partial charge in [-0.05, 0) is 37.8 Å². The van der Waals surface area contributed by atoms with Gasteiger partial charge in [-0.15, -0.1) is 0 Å². The molecule has 2 nitrogen and oxygen atoms in total. The van der Waals surface area contributed by atoms with E-state index in [9.17, 15) is 4.79 Å². The van der Waals surface area contributed by atoms with Crippen LogP contribution in [0, 0.1) is 0 Å². The summed E-state index contributed by atoms with van der Waals surface area (Å²) in [6.45, 7) is 2.83. The Balaban J connectivity index is 2.67. The first-order chi connectivity index (χ1) is 6.77. The third-order valence-electron chi connectivity index (χ3n) is 2.88. The van der Waals surface area contributed by atoms with Gasteiger partial charge in [0.15, 0.2) is 0 Å². The van der Waals surface area contributed by atoms with Crippen LogP contribution in [0.15, 0.2) is 10.9 Å². The van der Waals surface area contributed by atoms with Crippen LogP contribution in [0.1, 0.15) is 30.2 Å². The highest BCUT2D eigenvalue weighted by molar-refractivity contribution is 9.08. The van der Waals surface area contributed by atoms with E-state index in [4.69, 9.17) is 0 Å². The standard InChI is InChI=1S/C11H14BrNO/c1-2-13-10-5-3-4-8(10)6-9(7-12)11(13)14/h6H,2-5,7H2,1H3. The molecule has 0 saturated heterocycles. The number of rotatable bonds is 2. The van der Waals surface area contributed by atoms with E-state index in [2.05, 4.69) is 22.0 Å². The number of fused-ring (bicyclic) bond motifs is 1. The van der Waals surface area contributed by atoms with Crippen molar-refractivity contribution < 1.29 is 0 Å². The topological polar surface area (TPSA) is 22.0 Å². The molecule has 0 fully saturated rings.